The molecular formula is C20H27N5. The number of piperidine rings is 1. The average molecular weight is 337 g/mol. The van der Waals surface area contributed by atoms with E-state index in [1.165, 1.54) is 37.7 Å². The molecule has 3 heterocycles. The number of nitrogens with zero attached hydrogens (tertiary/aromatic N) is 4. The highest BCUT2D eigenvalue weighted by Gasteiger charge is 2.19. The molecular weight excluding hydrogens is 310 g/mol. The third kappa shape index (κ3) is 3.86. The third-order valence-corrected chi connectivity index (χ3v) is 5.09. The summed E-state index contributed by atoms with van der Waals surface area (Å²) in [5.74, 6) is 2.82. The Labute approximate surface area is 150 Å². The van der Waals surface area contributed by atoms with Crippen LogP contribution in [0.1, 0.15) is 37.7 Å². The molecule has 1 aromatic carbocycles. The monoisotopic (exact) mass is 337 g/mol. The third-order valence-electron chi connectivity index (χ3n) is 5.09. The molecule has 0 atom stereocenters. The number of nitrogens with one attached hydrogen (secondary N) is 1. The molecule has 2 saturated heterocycles. The number of hydrogen-bond acceptors (Lipinski definition) is 5. The lowest BCUT2D eigenvalue weighted by molar-refractivity contribution is 0.573. The quantitative estimate of drug-likeness (QED) is 0.909. The summed E-state index contributed by atoms with van der Waals surface area (Å²) in [6, 6.07) is 10.6. The first-order valence-corrected chi connectivity index (χ1v) is 9.51. The lowest BCUT2D eigenvalue weighted by Crippen LogP contribution is -2.31. The Morgan fingerprint density at radius 3 is 2.16 bits per heavy atom. The van der Waals surface area contributed by atoms with Gasteiger partial charge in [0, 0.05) is 37.9 Å². The molecule has 5 nitrogen and oxygen atoms in total. The second-order valence-corrected chi connectivity index (χ2v) is 7.14. The number of aryl methyl sites for hydroxylation is 1. The molecule has 132 valence electrons. The summed E-state index contributed by atoms with van der Waals surface area (Å²) in [6.07, 6.45) is 6.30. The van der Waals surface area contributed by atoms with Gasteiger partial charge in [0.2, 0.25) is 5.95 Å². The molecule has 0 radical (unpaired) electrons. The van der Waals surface area contributed by atoms with Gasteiger partial charge in [-0.2, -0.15) is 9.97 Å². The zero-order valence-corrected chi connectivity index (χ0v) is 15.0. The van der Waals surface area contributed by atoms with Crippen LogP contribution in [0.4, 0.5) is 23.3 Å². The maximum atomic E-state index is 4.90. The predicted octanol–water partition coefficient (Wildman–Crippen LogP) is 4.12. The zero-order valence-electron chi connectivity index (χ0n) is 15.0. The largest absolute Gasteiger partial charge is 0.356 e. The van der Waals surface area contributed by atoms with Gasteiger partial charge in [0.05, 0.1) is 0 Å². The predicted molar refractivity (Wildman–Crippen MR) is 104 cm³/mol. The van der Waals surface area contributed by atoms with Crippen molar-refractivity contribution >= 4 is 23.3 Å². The van der Waals surface area contributed by atoms with E-state index in [4.69, 9.17) is 9.97 Å². The van der Waals surface area contributed by atoms with E-state index in [9.17, 15) is 0 Å². The number of anilines is 4. The van der Waals surface area contributed by atoms with E-state index in [1.807, 2.05) is 0 Å². The van der Waals surface area contributed by atoms with E-state index < -0.39 is 0 Å². The van der Waals surface area contributed by atoms with Crippen molar-refractivity contribution < 1.29 is 0 Å². The molecule has 5 heteroatoms. The SMILES string of the molecule is Cc1ccc(Nc2cc(N3CCCCC3)nc(N3CCCC3)n2)cc1. The van der Waals surface area contributed by atoms with E-state index in [0.29, 0.717) is 0 Å². The van der Waals surface area contributed by atoms with Gasteiger partial charge in [0.25, 0.3) is 0 Å². The Morgan fingerprint density at radius 2 is 1.44 bits per heavy atom. The molecule has 0 amide bonds. The first kappa shape index (κ1) is 16.2. The van der Waals surface area contributed by atoms with Gasteiger partial charge in [-0.15, -0.1) is 0 Å². The van der Waals surface area contributed by atoms with Crippen molar-refractivity contribution in [3.05, 3.63) is 35.9 Å². The van der Waals surface area contributed by atoms with Crippen LogP contribution in [-0.4, -0.2) is 36.1 Å². The number of benzene rings is 1. The van der Waals surface area contributed by atoms with E-state index in [2.05, 4.69) is 52.4 Å². The Balaban J connectivity index is 1.63. The number of aromatic nitrogens is 2. The van der Waals surface area contributed by atoms with E-state index >= 15 is 0 Å². The van der Waals surface area contributed by atoms with Crippen LogP contribution in [0.15, 0.2) is 30.3 Å². The highest BCUT2D eigenvalue weighted by molar-refractivity contribution is 5.62. The van der Waals surface area contributed by atoms with Crippen LogP contribution < -0.4 is 15.1 Å². The maximum absolute atomic E-state index is 4.90. The molecule has 0 aliphatic carbocycles. The van der Waals surface area contributed by atoms with E-state index in [1.54, 1.807) is 0 Å². The van der Waals surface area contributed by atoms with Crippen LogP contribution >= 0.6 is 0 Å². The van der Waals surface area contributed by atoms with Crippen LogP contribution in [0.25, 0.3) is 0 Å². The minimum absolute atomic E-state index is 0.871. The summed E-state index contributed by atoms with van der Waals surface area (Å²) in [5.41, 5.74) is 2.33. The van der Waals surface area contributed by atoms with Crippen molar-refractivity contribution in [2.24, 2.45) is 0 Å². The van der Waals surface area contributed by atoms with Gasteiger partial charge in [-0.25, -0.2) is 0 Å². The lowest BCUT2D eigenvalue weighted by atomic mass is 10.1. The summed E-state index contributed by atoms with van der Waals surface area (Å²) in [5, 5.41) is 3.47. The molecule has 0 unspecified atom stereocenters. The normalized spacial score (nSPS) is 17.8. The molecule has 0 saturated carbocycles. The molecule has 0 bridgehead atoms. The Kier molecular flexibility index (Phi) is 4.72. The van der Waals surface area contributed by atoms with Crippen molar-refractivity contribution in [1.29, 1.82) is 0 Å². The maximum Gasteiger partial charge on any atom is 0.229 e. The topological polar surface area (TPSA) is 44.3 Å². The van der Waals surface area contributed by atoms with Crippen molar-refractivity contribution in [2.45, 2.75) is 39.0 Å². The Morgan fingerprint density at radius 1 is 0.800 bits per heavy atom. The van der Waals surface area contributed by atoms with Crippen molar-refractivity contribution in [1.82, 2.24) is 9.97 Å². The van der Waals surface area contributed by atoms with Crippen molar-refractivity contribution in [3.8, 4) is 0 Å². The molecule has 1 aromatic heterocycles. The van der Waals surface area contributed by atoms with Gasteiger partial charge in [-0.05, 0) is 51.2 Å². The molecule has 2 aliphatic heterocycles. The first-order valence-electron chi connectivity index (χ1n) is 9.51. The summed E-state index contributed by atoms with van der Waals surface area (Å²) < 4.78 is 0. The summed E-state index contributed by atoms with van der Waals surface area (Å²) in [6.45, 7) is 6.43. The molecule has 0 spiro atoms. The first-order chi connectivity index (χ1) is 12.3. The zero-order chi connectivity index (χ0) is 17.1. The molecule has 4 rings (SSSR count). The molecule has 25 heavy (non-hydrogen) atoms. The van der Waals surface area contributed by atoms with Crippen molar-refractivity contribution in [3.63, 3.8) is 0 Å². The average Bonchev–Trinajstić information content (AvgIpc) is 3.19. The molecule has 2 aliphatic rings. The van der Waals surface area contributed by atoms with Crippen LogP contribution in [0.3, 0.4) is 0 Å². The van der Waals surface area contributed by atoms with Crippen LogP contribution in [-0.2, 0) is 0 Å². The second-order valence-electron chi connectivity index (χ2n) is 7.14. The highest BCUT2D eigenvalue weighted by atomic mass is 15.3. The fourth-order valence-corrected chi connectivity index (χ4v) is 3.61. The molecule has 1 N–H and O–H groups in total. The summed E-state index contributed by atoms with van der Waals surface area (Å²) in [4.78, 5) is 14.4. The minimum atomic E-state index is 0.871. The summed E-state index contributed by atoms with van der Waals surface area (Å²) >= 11 is 0. The van der Waals surface area contributed by atoms with E-state index in [0.717, 1.165) is 49.5 Å². The molecule has 2 aromatic rings. The lowest BCUT2D eigenvalue weighted by Gasteiger charge is -2.29. The van der Waals surface area contributed by atoms with Gasteiger partial charge < -0.3 is 15.1 Å². The van der Waals surface area contributed by atoms with Gasteiger partial charge in [-0.3, -0.25) is 0 Å². The second kappa shape index (κ2) is 7.30. The van der Waals surface area contributed by atoms with Crippen LogP contribution in [0.5, 0.6) is 0 Å². The van der Waals surface area contributed by atoms with E-state index in [-0.39, 0.29) is 0 Å². The van der Waals surface area contributed by atoms with Gasteiger partial charge in [0.15, 0.2) is 0 Å². The van der Waals surface area contributed by atoms with Crippen LogP contribution in [0, 0.1) is 6.92 Å². The summed E-state index contributed by atoms with van der Waals surface area (Å²) in [7, 11) is 0. The standard InChI is InChI=1S/C20H27N5/c1-16-7-9-17(10-8-16)21-18-15-19(24-11-3-2-4-12-24)23-20(22-18)25-13-5-6-14-25/h7-10,15H,2-6,11-14H2,1H3,(H,21,22,23). The fraction of sp³-hybridized carbons (Fsp3) is 0.500. The Bertz CT molecular complexity index is 701. The fourth-order valence-electron chi connectivity index (χ4n) is 3.61. The smallest absolute Gasteiger partial charge is 0.229 e. The minimum Gasteiger partial charge on any atom is -0.356 e. The number of rotatable bonds is 4. The van der Waals surface area contributed by atoms with Gasteiger partial charge in [-0.1, -0.05) is 17.7 Å². The number of hydrogen-bond donors (Lipinski definition) is 1. The van der Waals surface area contributed by atoms with Crippen molar-refractivity contribution in [2.75, 3.05) is 41.3 Å². The Hall–Kier alpha value is -2.30. The van der Waals surface area contributed by atoms with Gasteiger partial charge in [0.1, 0.15) is 11.6 Å². The highest BCUT2D eigenvalue weighted by Crippen LogP contribution is 2.27. The van der Waals surface area contributed by atoms with Crippen LogP contribution in [0.2, 0.25) is 0 Å². The van der Waals surface area contributed by atoms with Gasteiger partial charge >= 0.3 is 0 Å². The molecule has 2 fully saturated rings.